The van der Waals surface area contributed by atoms with Crippen molar-refractivity contribution < 1.29 is 24.2 Å². The maximum atomic E-state index is 14.9. The fourth-order valence-electron chi connectivity index (χ4n) is 9.18. The number of ether oxygens (including phenoxy) is 1. The van der Waals surface area contributed by atoms with Crippen molar-refractivity contribution in [2.75, 3.05) is 9.80 Å². The number of aliphatic hydroxyl groups is 1. The molecular weight excluding hydrogens is 695 g/mol. The molecule has 1 aromatic heterocycles. The van der Waals surface area contributed by atoms with Gasteiger partial charge in [0.05, 0.1) is 35.8 Å². The summed E-state index contributed by atoms with van der Waals surface area (Å²) in [5.41, 5.74) is 4.53. The number of fused-ring (bicyclic) bond motifs is 2. The molecular formula is C43H41N5O5Si. The monoisotopic (exact) mass is 735 g/mol. The third kappa shape index (κ3) is 5.33. The van der Waals surface area contributed by atoms with Crippen LogP contribution in [0.3, 0.4) is 0 Å². The third-order valence-corrected chi connectivity index (χ3v) is 14.1. The van der Waals surface area contributed by atoms with E-state index < -0.39 is 26.1 Å². The molecule has 5 atom stereocenters. The molecule has 0 aliphatic carbocycles. The molecule has 4 heterocycles. The van der Waals surface area contributed by atoms with E-state index in [2.05, 4.69) is 10.3 Å². The van der Waals surface area contributed by atoms with Gasteiger partial charge in [-0.05, 0) is 66.4 Å². The average Bonchev–Trinajstić information content (AvgIpc) is 3.91. The molecule has 6 aromatic rings. The van der Waals surface area contributed by atoms with Gasteiger partial charge in [0.1, 0.15) is 11.8 Å². The second kappa shape index (κ2) is 12.8. The molecule has 5 aromatic carbocycles. The van der Waals surface area contributed by atoms with Crippen molar-refractivity contribution in [1.82, 2.24) is 15.0 Å². The first kappa shape index (κ1) is 34.3. The number of aliphatic hydroxyl groups excluding tert-OH is 1. The predicted octanol–water partition coefficient (Wildman–Crippen LogP) is 7.24. The lowest BCUT2D eigenvalue weighted by molar-refractivity contribution is -0.146. The van der Waals surface area contributed by atoms with E-state index in [9.17, 15) is 19.5 Å². The highest BCUT2D eigenvalue weighted by atomic mass is 28.4. The highest BCUT2D eigenvalue weighted by Gasteiger charge is 2.66. The van der Waals surface area contributed by atoms with Crippen LogP contribution in [0.1, 0.15) is 52.2 Å². The molecule has 272 valence electrons. The molecule has 1 fully saturated rings. The predicted molar refractivity (Wildman–Crippen MR) is 209 cm³/mol. The Hall–Kier alpha value is -5.46. The van der Waals surface area contributed by atoms with Crippen molar-refractivity contribution in [3.05, 3.63) is 149 Å². The normalized spacial score (nSPS) is 22.5. The second-order valence-electron chi connectivity index (χ2n) is 15.3. The zero-order valence-corrected chi connectivity index (χ0v) is 31.3. The number of rotatable bonds is 9. The Balaban J connectivity index is 0.970. The first-order valence-electron chi connectivity index (χ1n) is 18.5. The van der Waals surface area contributed by atoms with Gasteiger partial charge in [-0.2, -0.15) is 0 Å². The lowest BCUT2D eigenvalue weighted by Crippen LogP contribution is -2.46. The van der Waals surface area contributed by atoms with Crippen LogP contribution < -0.4 is 9.80 Å². The van der Waals surface area contributed by atoms with Crippen LogP contribution in [-0.4, -0.2) is 51.1 Å². The maximum Gasteiger partial charge on any atom is 0.264 e. The Labute approximate surface area is 314 Å². The number of carbonyl (C=O) groups excluding carboxylic acids is 2. The fraction of sp³-hybridized carbons (Fsp3) is 0.256. The molecule has 2 amide bonds. The van der Waals surface area contributed by atoms with Crippen LogP contribution in [0.2, 0.25) is 18.6 Å². The van der Waals surface area contributed by atoms with Crippen molar-refractivity contribution in [3.8, 4) is 0 Å². The minimum Gasteiger partial charge on any atom is -0.432 e. The minimum absolute atomic E-state index is 0.0546. The van der Waals surface area contributed by atoms with Crippen LogP contribution >= 0.6 is 0 Å². The molecule has 54 heavy (non-hydrogen) atoms. The van der Waals surface area contributed by atoms with Crippen molar-refractivity contribution in [2.24, 2.45) is 5.92 Å². The Morgan fingerprint density at radius 2 is 1.57 bits per heavy atom. The molecule has 0 radical (unpaired) electrons. The molecule has 3 aliphatic rings. The van der Waals surface area contributed by atoms with Crippen molar-refractivity contribution in [1.29, 1.82) is 0 Å². The summed E-state index contributed by atoms with van der Waals surface area (Å²) in [6, 6.07) is 36.8. The summed E-state index contributed by atoms with van der Waals surface area (Å²) in [6.07, 6.45) is 0.930. The molecule has 1 saturated heterocycles. The van der Waals surface area contributed by atoms with Gasteiger partial charge in [-0.3, -0.25) is 19.2 Å². The first-order chi connectivity index (χ1) is 26.1. The number of para-hydroxylation sites is 1. The number of carbonyl (C=O) groups is 2. The van der Waals surface area contributed by atoms with Gasteiger partial charge in [0, 0.05) is 34.6 Å². The van der Waals surface area contributed by atoms with Gasteiger partial charge in [-0.15, -0.1) is 5.10 Å². The smallest absolute Gasteiger partial charge is 0.264 e. The molecule has 0 unspecified atom stereocenters. The number of amides is 2. The summed E-state index contributed by atoms with van der Waals surface area (Å²) in [7, 11) is -2.86. The van der Waals surface area contributed by atoms with E-state index in [1.54, 1.807) is 20.7 Å². The summed E-state index contributed by atoms with van der Waals surface area (Å²) < 4.78 is 8.69. The quantitative estimate of drug-likeness (QED) is 0.150. The average molecular weight is 736 g/mol. The van der Waals surface area contributed by atoms with Crippen LogP contribution in [0.5, 0.6) is 0 Å². The summed E-state index contributed by atoms with van der Waals surface area (Å²) in [4.78, 5) is 43.7. The second-order valence-corrected chi connectivity index (χ2v) is 19.2. The first-order valence-corrected chi connectivity index (χ1v) is 21.5. The van der Waals surface area contributed by atoms with Crippen molar-refractivity contribution >= 4 is 48.0 Å². The van der Waals surface area contributed by atoms with Gasteiger partial charge >= 0.3 is 0 Å². The summed E-state index contributed by atoms with van der Waals surface area (Å²) in [5.74, 6) is -0.496. The van der Waals surface area contributed by atoms with Gasteiger partial charge in [-0.25, -0.2) is 0 Å². The van der Waals surface area contributed by atoms with E-state index in [-0.39, 0.29) is 23.3 Å². The van der Waals surface area contributed by atoms with E-state index in [0.29, 0.717) is 30.8 Å². The molecule has 0 saturated carbocycles. The van der Waals surface area contributed by atoms with Crippen molar-refractivity contribution in [3.63, 3.8) is 0 Å². The molecule has 3 aliphatic heterocycles. The molecule has 10 nitrogen and oxygen atoms in total. The standard InChI is InChI=1S/C43H41N5O5Si/c1-27-40(54(2,3)52)37(23-24-46-26-34(44-45-46)39(49)30-11-5-4-6-12-30)53-43(27)33-16-7-8-17-35(33)47(42(43)51)25-28-19-21-31(22-20-28)48-36-18-10-14-29-13-9-15-32(38(29)36)41(48)50/h4-22,26-27,37,39-40,49,52H,23-25H2,1-3H3/t27-,37+,39+,40-,43+/m0/s1. The topological polar surface area (TPSA) is 121 Å². The van der Waals surface area contributed by atoms with Crippen LogP contribution in [-0.2, 0) is 28.2 Å². The molecule has 1 spiro atoms. The number of aromatic nitrogens is 3. The molecule has 9 rings (SSSR count). The lowest BCUT2D eigenvalue weighted by atomic mass is 9.82. The van der Waals surface area contributed by atoms with Crippen LogP contribution in [0.15, 0.2) is 121 Å². The molecule has 0 bridgehead atoms. The SMILES string of the molecule is C[C@H]1[C@H]([Si](C)(C)O)[C@@H](CCn2cc([C@H](O)c3ccccc3)nn2)O[C@]12C(=O)N(Cc1ccc(N3C(=O)c4cccc5cccc3c45)cc1)c1ccccc12. The van der Waals surface area contributed by atoms with Gasteiger partial charge in [0.25, 0.3) is 11.8 Å². The number of benzene rings is 5. The van der Waals surface area contributed by atoms with Gasteiger partial charge < -0.3 is 19.5 Å². The van der Waals surface area contributed by atoms with E-state index >= 15 is 0 Å². The Bertz CT molecular complexity index is 2410. The van der Waals surface area contributed by atoms with Crippen LogP contribution in [0.25, 0.3) is 10.8 Å². The van der Waals surface area contributed by atoms with Gasteiger partial charge in [0.2, 0.25) is 0 Å². The van der Waals surface area contributed by atoms with Crippen LogP contribution in [0, 0.1) is 5.92 Å². The molecule has 11 heteroatoms. The van der Waals surface area contributed by atoms with Gasteiger partial charge in [0.15, 0.2) is 13.9 Å². The Morgan fingerprint density at radius 1 is 0.870 bits per heavy atom. The number of aryl methyl sites for hydroxylation is 1. The largest absolute Gasteiger partial charge is 0.432 e. The highest BCUT2D eigenvalue weighted by Crippen LogP contribution is 2.59. The Morgan fingerprint density at radius 3 is 2.33 bits per heavy atom. The van der Waals surface area contributed by atoms with E-state index in [4.69, 9.17) is 4.74 Å². The summed E-state index contributed by atoms with van der Waals surface area (Å²) >= 11 is 0. The third-order valence-electron chi connectivity index (χ3n) is 11.6. The maximum absolute atomic E-state index is 14.9. The van der Waals surface area contributed by atoms with Crippen molar-refractivity contribution in [2.45, 2.75) is 62.9 Å². The molecule has 2 N–H and O–H groups in total. The highest BCUT2D eigenvalue weighted by molar-refractivity contribution is 6.71. The summed E-state index contributed by atoms with van der Waals surface area (Å²) in [6.45, 7) is 6.63. The van der Waals surface area contributed by atoms with Crippen LogP contribution in [0.4, 0.5) is 17.1 Å². The summed E-state index contributed by atoms with van der Waals surface area (Å²) in [5, 5.41) is 21.4. The van der Waals surface area contributed by atoms with E-state index in [1.807, 2.05) is 135 Å². The fourth-order valence-corrected chi connectivity index (χ4v) is 11.8. The van der Waals surface area contributed by atoms with E-state index in [0.717, 1.165) is 44.5 Å². The number of anilines is 3. The number of hydrogen-bond donors (Lipinski definition) is 2. The number of hydrogen-bond acceptors (Lipinski definition) is 7. The minimum atomic E-state index is -2.86. The zero-order chi connectivity index (χ0) is 37.4. The van der Waals surface area contributed by atoms with Gasteiger partial charge in [-0.1, -0.05) is 97.1 Å². The van der Waals surface area contributed by atoms with E-state index in [1.165, 1.54) is 0 Å². The lowest BCUT2D eigenvalue weighted by Gasteiger charge is -2.32. The number of nitrogens with zero attached hydrogens (tertiary/aromatic N) is 5. The zero-order valence-electron chi connectivity index (χ0n) is 30.3. The Kier molecular flexibility index (Phi) is 8.16.